The normalized spacial score (nSPS) is 27.7. The number of likely N-dealkylation sites (N-methyl/N-ethyl adjacent to an activating group) is 1. The van der Waals surface area contributed by atoms with Gasteiger partial charge in [0.05, 0.1) is 12.1 Å². The van der Waals surface area contributed by atoms with Gasteiger partial charge in [-0.2, -0.15) is 0 Å². The number of hydrogen-bond acceptors (Lipinski definition) is 7. The zero-order chi connectivity index (χ0) is 20.6. The molecule has 30 heavy (non-hydrogen) atoms. The van der Waals surface area contributed by atoms with E-state index in [2.05, 4.69) is 25.5 Å². The van der Waals surface area contributed by atoms with Crippen molar-refractivity contribution >= 4 is 17.6 Å². The highest BCUT2D eigenvalue weighted by Crippen LogP contribution is 2.81. The van der Waals surface area contributed by atoms with Crippen LogP contribution in [0.4, 0.5) is 10.2 Å². The second-order valence-electron chi connectivity index (χ2n) is 7.83. The van der Waals surface area contributed by atoms with E-state index in [0.717, 1.165) is 11.3 Å². The van der Waals surface area contributed by atoms with Crippen molar-refractivity contribution in [3.63, 3.8) is 0 Å². The molecule has 0 radical (unpaired) electrons. The fraction of sp³-hybridized carbons (Fsp3) is 0.300. The predicted molar refractivity (Wildman–Crippen MR) is 98.9 cm³/mol. The van der Waals surface area contributed by atoms with Gasteiger partial charge in [0.15, 0.2) is 5.82 Å². The highest BCUT2D eigenvalue weighted by atomic mass is 19.1. The van der Waals surface area contributed by atoms with E-state index in [4.69, 9.17) is 4.42 Å². The van der Waals surface area contributed by atoms with Crippen molar-refractivity contribution in [2.75, 3.05) is 11.9 Å². The quantitative estimate of drug-likeness (QED) is 0.689. The summed E-state index contributed by atoms with van der Waals surface area (Å²) in [7, 11) is 1.64. The highest BCUT2D eigenvalue weighted by Gasteiger charge is 2.90. The summed E-state index contributed by atoms with van der Waals surface area (Å²) in [5.74, 6) is -0.444. The Morgan fingerprint density at radius 3 is 2.70 bits per heavy atom. The van der Waals surface area contributed by atoms with Gasteiger partial charge >= 0.3 is 11.8 Å². The summed E-state index contributed by atoms with van der Waals surface area (Å²) in [6.07, 6.45) is 3.43. The Kier molecular flexibility index (Phi) is 3.26. The molecule has 2 unspecified atom stereocenters. The topological polar surface area (TPSA) is 114 Å². The molecule has 7 rings (SSSR count). The lowest BCUT2D eigenvalue weighted by Gasteiger charge is -2.25. The van der Waals surface area contributed by atoms with E-state index >= 15 is 0 Å². The van der Waals surface area contributed by atoms with E-state index < -0.39 is 11.4 Å². The van der Waals surface area contributed by atoms with Gasteiger partial charge in [-0.05, 0) is 17.7 Å². The largest absolute Gasteiger partial charge is 0.417 e. The van der Waals surface area contributed by atoms with Crippen LogP contribution >= 0.6 is 0 Å². The lowest BCUT2D eigenvalue weighted by Crippen LogP contribution is -2.54. The van der Waals surface area contributed by atoms with Gasteiger partial charge in [-0.25, -0.2) is 9.37 Å². The predicted octanol–water partition coefficient (Wildman–Crippen LogP) is 1.08. The number of nitrogens with one attached hydrogen (secondary N) is 1. The number of hydrogen-bond donors (Lipinski definition) is 1. The van der Waals surface area contributed by atoms with Gasteiger partial charge in [-0.1, -0.05) is 12.1 Å². The maximum Gasteiger partial charge on any atom is 0.309 e. The molecule has 2 amide bonds. The summed E-state index contributed by atoms with van der Waals surface area (Å²) in [6.45, 7) is 0. The van der Waals surface area contributed by atoms with Crippen molar-refractivity contribution in [3.05, 3.63) is 65.5 Å². The number of anilines is 1. The Hall–Kier alpha value is -3.69. The summed E-state index contributed by atoms with van der Waals surface area (Å²) in [5.41, 5.74) is 0.602. The zero-order valence-electron chi connectivity index (χ0n) is 15.7. The first kappa shape index (κ1) is 17.2. The molecule has 10 heteroatoms. The van der Waals surface area contributed by atoms with E-state index in [1.165, 1.54) is 17.0 Å². The van der Waals surface area contributed by atoms with Gasteiger partial charge in [-0.3, -0.25) is 19.5 Å². The van der Waals surface area contributed by atoms with Crippen LogP contribution in [0.1, 0.15) is 33.8 Å². The first-order chi connectivity index (χ1) is 14.5. The second kappa shape index (κ2) is 5.68. The van der Waals surface area contributed by atoms with Crippen molar-refractivity contribution < 1.29 is 18.4 Å². The van der Waals surface area contributed by atoms with Crippen molar-refractivity contribution in [3.8, 4) is 0 Å². The van der Waals surface area contributed by atoms with Crippen LogP contribution < -0.4 is 10.2 Å². The average molecular weight is 406 g/mol. The number of benzene rings is 1. The van der Waals surface area contributed by atoms with Gasteiger partial charge in [0.2, 0.25) is 5.89 Å². The SMILES string of the molecule is CN1c2nccnc2[C@H]2C3C2[C@]3(NC(=O)c2nnc(Cc3ccc(F)cc3)o2)C1=O. The molecule has 0 saturated heterocycles. The summed E-state index contributed by atoms with van der Waals surface area (Å²) >= 11 is 0. The number of amides is 2. The molecule has 2 aliphatic carbocycles. The number of carbonyl (C=O) groups excluding carboxylic acids is 2. The molecule has 150 valence electrons. The molecule has 9 nitrogen and oxygen atoms in total. The minimum absolute atomic E-state index is 0.0101. The summed E-state index contributed by atoms with van der Waals surface area (Å²) < 4.78 is 18.5. The fourth-order valence-corrected chi connectivity index (χ4v) is 4.69. The first-order valence-electron chi connectivity index (χ1n) is 9.49. The van der Waals surface area contributed by atoms with Gasteiger partial charge in [0.25, 0.3) is 5.91 Å². The van der Waals surface area contributed by atoms with Gasteiger partial charge in [-0.15, -0.1) is 10.2 Å². The molecular weight excluding hydrogens is 391 g/mol. The fourth-order valence-electron chi connectivity index (χ4n) is 4.69. The molecule has 2 bridgehead atoms. The zero-order valence-corrected chi connectivity index (χ0v) is 15.7. The van der Waals surface area contributed by atoms with Crippen molar-refractivity contribution in [1.82, 2.24) is 25.5 Å². The number of aromatic nitrogens is 4. The highest BCUT2D eigenvalue weighted by molar-refractivity contribution is 6.10. The Labute approximate surface area is 169 Å². The van der Waals surface area contributed by atoms with Crippen LogP contribution in [0.3, 0.4) is 0 Å². The van der Waals surface area contributed by atoms with Gasteiger partial charge < -0.3 is 9.73 Å². The standard InChI is InChI=1S/C20H15FN6O3/c1-27-16-15(22-6-7-23-16)12-13-14(12)20(13,19(27)29)24-17(28)18-26-25-11(30-18)8-9-2-4-10(21)5-3-9/h2-7,12-14H,8H2,1H3,(H,24,28)/t12-,13?,14?,20-. The molecule has 2 fully saturated rings. The van der Waals surface area contributed by atoms with Crippen molar-refractivity contribution in [1.29, 1.82) is 0 Å². The minimum Gasteiger partial charge on any atom is -0.417 e. The Bertz CT molecular complexity index is 1200. The number of nitrogens with zero attached hydrogens (tertiary/aromatic N) is 5. The Morgan fingerprint density at radius 2 is 1.93 bits per heavy atom. The number of rotatable bonds is 4. The molecule has 3 aromatic rings. The molecule has 4 aliphatic rings. The van der Waals surface area contributed by atoms with E-state index in [9.17, 15) is 14.0 Å². The molecule has 4 heterocycles. The summed E-state index contributed by atoms with van der Waals surface area (Å²) in [6, 6.07) is 5.89. The van der Waals surface area contributed by atoms with E-state index in [0.29, 0.717) is 5.82 Å². The van der Waals surface area contributed by atoms with Crippen LogP contribution in [0.2, 0.25) is 0 Å². The van der Waals surface area contributed by atoms with Crippen molar-refractivity contribution in [2.24, 2.45) is 11.8 Å². The van der Waals surface area contributed by atoms with Crippen LogP contribution in [0.15, 0.2) is 41.1 Å². The average Bonchev–Trinajstić information content (AvgIpc) is 3.61. The third-order valence-corrected chi connectivity index (χ3v) is 6.21. The van der Waals surface area contributed by atoms with Crippen LogP contribution in [0.5, 0.6) is 0 Å². The molecule has 2 aromatic heterocycles. The van der Waals surface area contributed by atoms with Crippen LogP contribution in [0.25, 0.3) is 0 Å². The number of fused-ring (bicyclic) bond motifs is 1. The van der Waals surface area contributed by atoms with Crippen LogP contribution in [0, 0.1) is 17.7 Å². The lowest BCUT2D eigenvalue weighted by atomic mass is 9.95. The first-order valence-corrected chi connectivity index (χ1v) is 9.49. The number of halogens is 1. The Morgan fingerprint density at radius 1 is 1.20 bits per heavy atom. The third-order valence-electron chi connectivity index (χ3n) is 6.21. The van der Waals surface area contributed by atoms with E-state index in [-0.39, 0.29) is 47.7 Å². The van der Waals surface area contributed by atoms with E-state index in [1.54, 1.807) is 31.6 Å². The Balaban J connectivity index is 1.21. The lowest BCUT2D eigenvalue weighted by molar-refractivity contribution is -0.122. The number of carbonyl (C=O) groups is 2. The van der Waals surface area contributed by atoms with Crippen LogP contribution in [-0.4, -0.2) is 44.6 Å². The molecule has 2 saturated carbocycles. The van der Waals surface area contributed by atoms with E-state index in [1.807, 2.05) is 0 Å². The molecule has 1 N–H and O–H groups in total. The maximum atomic E-state index is 13.1. The smallest absolute Gasteiger partial charge is 0.309 e. The third kappa shape index (κ3) is 2.21. The van der Waals surface area contributed by atoms with Gasteiger partial charge in [0.1, 0.15) is 11.4 Å². The molecule has 2 atom stereocenters. The second-order valence-corrected chi connectivity index (χ2v) is 7.83. The molecular formula is C20H15FN6O3. The monoisotopic (exact) mass is 406 g/mol. The van der Waals surface area contributed by atoms with Crippen LogP contribution in [-0.2, 0) is 11.2 Å². The minimum atomic E-state index is -0.968. The molecule has 1 aromatic carbocycles. The van der Waals surface area contributed by atoms with Gasteiger partial charge in [0, 0.05) is 37.2 Å². The van der Waals surface area contributed by atoms with Crippen molar-refractivity contribution in [2.45, 2.75) is 17.9 Å². The molecule has 0 spiro atoms. The maximum absolute atomic E-state index is 13.1. The summed E-state index contributed by atoms with van der Waals surface area (Å²) in [5, 5.41) is 10.5. The summed E-state index contributed by atoms with van der Waals surface area (Å²) in [4.78, 5) is 35.9. The molecule has 2 aliphatic heterocycles.